The van der Waals surface area contributed by atoms with Crippen LogP contribution < -0.4 is 43.8 Å². The highest BCUT2D eigenvalue weighted by atomic mass is 16.4. The summed E-state index contributed by atoms with van der Waals surface area (Å²) < 4.78 is 0. The molecule has 1 aromatic rings. The van der Waals surface area contributed by atoms with Crippen molar-refractivity contribution in [3.63, 3.8) is 0 Å². The molecule has 16 heteroatoms. The van der Waals surface area contributed by atoms with Gasteiger partial charge in [0.25, 0.3) is 0 Å². The van der Waals surface area contributed by atoms with E-state index in [0.29, 0.717) is 44.3 Å². The number of hydrogen-bond acceptors (Lipinski definition) is 10. The molecule has 1 fully saturated rings. The van der Waals surface area contributed by atoms with Crippen LogP contribution in [0.1, 0.15) is 82.6 Å². The molecule has 288 valence electrons. The van der Waals surface area contributed by atoms with Crippen molar-refractivity contribution in [1.29, 1.82) is 0 Å². The first-order valence-electron chi connectivity index (χ1n) is 18.2. The maximum atomic E-state index is 13.9. The molecule has 1 aromatic carbocycles. The fourth-order valence-electron chi connectivity index (χ4n) is 6.07. The van der Waals surface area contributed by atoms with Crippen LogP contribution in [0.4, 0.5) is 0 Å². The Balaban J connectivity index is 1.89. The molecule has 1 aliphatic carbocycles. The molecule has 1 saturated carbocycles. The fraction of sp³-hybridized carbons (Fsp3) is 0.611. The molecule has 0 unspecified atom stereocenters. The highest BCUT2D eigenvalue weighted by molar-refractivity contribution is 5.96. The Labute approximate surface area is 304 Å². The van der Waals surface area contributed by atoms with Gasteiger partial charge in [0.05, 0.1) is 6.04 Å². The number of aliphatic carboxylic acids is 1. The van der Waals surface area contributed by atoms with Gasteiger partial charge in [0, 0.05) is 6.42 Å². The number of phenols is 1. The van der Waals surface area contributed by atoms with Crippen LogP contribution in [0.5, 0.6) is 5.75 Å². The lowest BCUT2D eigenvalue weighted by Gasteiger charge is -2.30. The summed E-state index contributed by atoms with van der Waals surface area (Å²) in [5.74, 6) is -4.24. The fourth-order valence-corrected chi connectivity index (χ4v) is 6.07. The van der Waals surface area contributed by atoms with E-state index in [-0.39, 0.29) is 50.2 Å². The van der Waals surface area contributed by atoms with Crippen molar-refractivity contribution in [2.24, 2.45) is 23.1 Å². The molecule has 0 radical (unpaired) electrons. The Hall–Kier alpha value is -4.54. The zero-order valence-electron chi connectivity index (χ0n) is 29.7. The van der Waals surface area contributed by atoms with E-state index in [1.807, 2.05) is 0 Å². The zero-order chi connectivity index (χ0) is 38.0. The molecular weight excluding hydrogens is 672 g/mol. The Kier molecular flexibility index (Phi) is 17.5. The number of rotatable bonds is 17. The molecule has 2 aliphatic rings. The summed E-state index contributed by atoms with van der Waals surface area (Å²) >= 11 is 0. The number of carboxylic acids is 1. The van der Waals surface area contributed by atoms with Gasteiger partial charge in [0.1, 0.15) is 36.0 Å². The van der Waals surface area contributed by atoms with Crippen LogP contribution in [0.2, 0.25) is 0 Å². The van der Waals surface area contributed by atoms with Gasteiger partial charge in [0.2, 0.25) is 29.5 Å². The van der Waals surface area contributed by atoms with E-state index in [0.717, 1.165) is 19.3 Å². The molecule has 5 amide bonds. The highest BCUT2D eigenvalue weighted by Gasteiger charge is 2.34. The zero-order valence-corrected chi connectivity index (χ0v) is 29.7. The Morgan fingerprint density at radius 1 is 0.788 bits per heavy atom. The molecule has 0 spiro atoms. The number of carbonyl (C=O) groups is 6. The maximum absolute atomic E-state index is 13.9. The first-order valence-corrected chi connectivity index (χ1v) is 18.2. The van der Waals surface area contributed by atoms with E-state index in [1.54, 1.807) is 24.3 Å². The molecule has 3 rings (SSSR count). The predicted molar refractivity (Wildman–Crippen MR) is 193 cm³/mol. The minimum atomic E-state index is -1.25. The number of benzene rings is 1. The second-order valence-corrected chi connectivity index (χ2v) is 13.7. The van der Waals surface area contributed by atoms with Gasteiger partial charge >= 0.3 is 5.97 Å². The summed E-state index contributed by atoms with van der Waals surface area (Å²) in [4.78, 5) is 79.9. The Bertz CT molecular complexity index is 1390. The number of nitrogens with one attached hydrogen (secondary N) is 5. The van der Waals surface area contributed by atoms with Crippen LogP contribution in [0.25, 0.3) is 0 Å². The number of hydrogen-bond donors (Lipinski definition) is 10. The van der Waals surface area contributed by atoms with E-state index in [9.17, 15) is 39.0 Å². The van der Waals surface area contributed by atoms with Gasteiger partial charge in [-0.1, -0.05) is 43.5 Å². The van der Waals surface area contributed by atoms with Gasteiger partial charge in [-0.05, 0) is 94.5 Å². The largest absolute Gasteiger partial charge is 0.508 e. The molecule has 1 heterocycles. The van der Waals surface area contributed by atoms with E-state index >= 15 is 0 Å². The smallest absolute Gasteiger partial charge is 0.326 e. The standard InChI is InChI=1S/C36H56N8O8/c37-18-5-3-12-26-32(47)42-28(13-4-6-19-38)33(48)41-27(11-2-1-10-25(39)31(46)40-26)34(49)43-29(20-23-14-16-24(45)17-15-23)35(50)44-30(36(51)52)21-22-8-7-9-22/h1-2,14-17,22,25-30,45H,3-13,18-21,37-39H2,(H,40,46)(H,41,48)(H,42,47)(H,43,49)(H,44,50)(H,51,52)/b2-1+/t25-,26-,27-,28-,29-,30-/m0/s1. The lowest BCUT2D eigenvalue weighted by atomic mass is 9.81. The summed E-state index contributed by atoms with van der Waals surface area (Å²) in [6, 6.07) is -0.674. The lowest BCUT2D eigenvalue weighted by molar-refractivity contribution is -0.143. The quantitative estimate of drug-likeness (QED) is 0.0726. The van der Waals surface area contributed by atoms with Crippen molar-refractivity contribution in [3.8, 4) is 5.75 Å². The summed E-state index contributed by atoms with van der Waals surface area (Å²) in [6.07, 6.45) is 8.88. The Morgan fingerprint density at radius 3 is 1.92 bits per heavy atom. The van der Waals surface area contributed by atoms with Crippen LogP contribution in [0.3, 0.4) is 0 Å². The first kappa shape index (κ1) is 41.9. The number of phenolic OH excluding ortho intramolecular Hbond substituents is 1. The van der Waals surface area contributed by atoms with E-state index in [1.165, 1.54) is 12.1 Å². The molecule has 0 aromatic heterocycles. The SMILES string of the molecule is NCCCC[C@@H]1NC(=O)[C@H](CCCCN)NC(=O)[C@@H](N)C/C=C/C[C@@H](C(=O)N[C@@H](Cc2ccc(O)cc2)C(=O)N[C@@H](CC2CCC2)C(=O)O)NC1=O. The topological polar surface area (TPSA) is 281 Å². The lowest BCUT2D eigenvalue weighted by Crippen LogP contribution is -2.59. The summed E-state index contributed by atoms with van der Waals surface area (Å²) in [5, 5.41) is 33.1. The van der Waals surface area contributed by atoms with Crippen molar-refractivity contribution in [2.75, 3.05) is 13.1 Å². The third-order valence-corrected chi connectivity index (χ3v) is 9.48. The van der Waals surface area contributed by atoms with Crippen molar-refractivity contribution in [1.82, 2.24) is 26.6 Å². The normalized spacial score (nSPS) is 23.4. The van der Waals surface area contributed by atoms with Crippen LogP contribution in [-0.2, 0) is 35.2 Å². The molecule has 1 aliphatic heterocycles. The third-order valence-electron chi connectivity index (χ3n) is 9.48. The molecule has 0 bridgehead atoms. The van der Waals surface area contributed by atoms with E-state index in [4.69, 9.17) is 17.2 Å². The average Bonchev–Trinajstić information content (AvgIpc) is 3.09. The van der Waals surface area contributed by atoms with E-state index < -0.39 is 71.8 Å². The number of aromatic hydroxyl groups is 1. The van der Waals surface area contributed by atoms with Crippen molar-refractivity contribution in [3.05, 3.63) is 42.0 Å². The van der Waals surface area contributed by atoms with Crippen LogP contribution in [-0.4, -0.2) is 95.1 Å². The van der Waals surface area contributed by atoms with Gasteiger partial charge in [-0.2, -0.15) is 0 Å². The molecule has 52 heavy (non-hydrogen) atoms. The monoisotopic (exact) mass is 728 g/mol. The van der Waals surface area contributed by atoms with Crippen LogP contribution in [0.15, 0.2) is 36.4 Å². The van der Waals surface area contributed by atoms with Gasteiger partial charge in [-0.3, -0.25) is 24.0 Å². The minimum absolute atomic E-state index is 0.00152. The van der Waals surface area contributed by atoms with Crippen molar-refractivity contribution in [2.45, 2.75) is 120 Å². The summed E-state index contributed by atoms with van der Waals surface area (Å²) in [6.45, 7) is 0.764. The van der Waals surface area contributed by atoms with Crippen molar-refractivity contribution >= 4 is 35.5 Å². The second-order valence-electron chi connectivity index (χ2n) is 13.7. The predicted octanol–water partition coefficient (Wildman–Crippen LogP) is -0.431. The number of nitrogens with two attached hydrogens (primary N) is 3. The van der Waals surface area contributed by atoms with Crippen LogP contribution in [0, 0.1) is 5.92 Å². The van der Waals surface area contributed by atoms with Gasteiger partial charge in [-0.15, -0.1) is 0 Å². The number of amides is 5. The van der Waals surface area contributed by atoms with E-state index in [2.05, 4.69) is 26.6 Å². The molecule has 13 N–H and O–H groups in total. The molecule has 0 saturated heterocycles. The molecular formula is C36H56N8O8. The van der Waals surface area contributed by atoms with Crippen LogP contribution >= 0.6 is 0 Å². The number of unbranched alkanes of at least 4 members (excludes halogenated alkanes) is 2. The molecule has 6 atom stereocenters. The maximum Gasteiger partial charge on any atom is 0.326 e. The average molecular weight is 729 g/mol. The van der Waals surface area contributed by atoms with Crippen molar-refractivity contribution < 1.29 is 39.0 Å². The third kappa shape index (κ3) is 13.9. The molecule has 16 nitrogen and oxygen atoms in total. The van der Waals surface area contributed by atoms with Gasteiger partial charge < -0.3 is 54.0 Å². The summed E-state index contributed by atoms with van der Waals surface area (Å²) in [7, 11) is 0. The Morgan fingerprint density at radius 2 is 1.37 bits per heavy atom. The number of carbonyl (C=O) groups excluding carboxylic acids is 5. The van der Waals surface area contributed by atoms with Gasteiger partial charge in [0.15, 0.2) is 0 Å². The van der Waals surface area contributed by atoms with Gasteiger partial charge in [-0.25, -0.2) is 4.79 Å². The second kappa shape index (κ2) is 21.7. The highest BCUT2D eigenvalue weighted by Crippen LogP contribution is 2.30. The minimum Gasteiger partial charge on any atom is -0.508 e. The first-order chi connectivity index (χ1) is 24.9. The number of carboxylic acid groups (broad SMARTS) is 1. The summed E-state index contributed by atoms with van der Waals surface area (Å²) in [5.41, 5.74) is 18.0.